The number of benzene rings is 1. The van der Waals surface area contributed by atoms with Gasteiger partial charge in [-0.3, -0.25) is 4.79 Å². The number of hydrogen-bond donors (Lipinski definition) is 2. The molecule has 0 spiro atoms. The monoisotopic (exact) mass is 478 g/mol. The number of carbonyl (C=O) groups excluding carboxylic acids is 1. The third-order valence-electron chi connectivity index (χ3n) is 6.07. The number of carboxylic acid groups (broad SMARTS) is 1. The number of ether oxygens (including phenoxy) is 1. The normalized spacial score (nSPS) is 19.2. The quantitative estimate of drug-likeness (QED) is 0.682. The molecule has 0 bridgehead atoms. The minimum absolute atomic E-state index is 0.0623. The van der Waals surface area contributed by atoms with Crippen LogP contribution in [0.4, 0.5) is 23.7 Å². The Morgan fingerprint density at radius 2 is 1.74 bits per heavy atom. The highest BCUT2D eigenvalue weighted by Gasteiger charge is 2.31. The first-order valence-electron chi connectivity index (χ1n) is 11.0. The van der Waals surface area contributed by atoms with Gasteiger partial charge in [-0.25, -0.2) is 9.78 Å². The number of rotatable bonds is 5. The molecular formula is C23H25F3N4O4. The fraction of sp³-hybridized carbons (Fsp3) is 0.435. The molecule has 1 unspecified atom stereocenters. The summed E-state index contributed by atoms with van der Waals surface area (Å²) in [4.78, 5) is 30.8. The third kappa shape index (κ3) is 5.70. The van der Waals surface area contributed by atoms with Gasteiger partial charge in [0.1, 0.15) is 17.5 Å². The Balaban J connectivity index is 1.24. The van der Waals surface area contributed by atoms with Crippen LogP contribution in [-0.2, 0) is 6.18 Å². The van der Waals surface area contributed by atoms with Crippen molar-refractivity contribution in [3.05, 3.63) is 53.9 Å². The number of hydrogen-bond acceptors (Lipinski definition) is 5. The summed E-state index contributed by atoms with van der Waals surface area (Å²) in [6.07, 6.45) is -1.97. The lowest BCUT2D eigenvalue weighted by molar-refractivity contribution is -0.137. The van der Waals surface area contributed by atoms with Crippen LogP contribution in [0.2, 0.25) is 0 Å². The van der Waals surface area contributed by atoms with Crippen LogP contribution in [-0.4, -0.2) is 65.3 Å². The van der Waals surface area contributed by atoms with E-state index in [0.717, 1.165) is 17.8 Å². The van der Waals surface area contributed by atoms with Gasteiger partial charge in [-0.1, -0.05) is 0 Å². The van der Waals surface area contributed by atoms with Gasteiger partial charge in [-0.05, 0) is 42.8 Å². The summed E-state index contributed by atoms with van der Waals surface area (Å²) in [5.74, 6) is 0.163. The van der Waals surface area contributed by atoms with E-state index in [0.29, 0.717) is 44.6 Å². The van der Waals surface area contributed by atoms with E-state index >= 15 is 0 Å². The van der Waals surface area contributed by atoms with Gasteiger partial charge in [-0.15, -0.1) is 0 Å². The molecule has 8 nitrogen and oxygen atoms in total. The third-order valence-corrected chi connectivity index (χ3v) is 6.07. The summed E-state index contributed by atoms with van der Waals surface area (Å²) >= 11 is 0. The molecule has 182 valence electrons. The topological polar surface area (TPSA) is 95.0 Å². The van der Waals surface area contributed by atoms with Crippen LogP contribution >= 0.6 is 0 Å². The number of aromatic nitrogens is 1. The molecule has 1 atom stereocenters. The SMILES string of the molecule is O=C(NC1CCN(C(=O)O)C1)c1ccc(OC2CCN(c3ccc(C(F)(F)F)cc3)CC2)cn1. The molecule has 2 aliphatic rings. The van der Waals surface area contributed by atoms with E-state index < -0.39 is 17.8 Å². The first-order chi connectivity index (χ1) is 16.2. The van der Waals surface area contributed by atoms with E-state index in [-0.39, 0.29) is 30.3 Å². The molecule has 2 N–H and O–H groups in total. The molecule has 1 aromatic carbocycles. The number of amides is 2. The van der Waals surface area contributed by atoms with Gasteiger partial charge < -0.3 is 25.0 Å². The molecular weight excluding hydrogens is 453 g/mol. The molecule has 2 aliphatic heterocycles. The van der Waals surface area contributed by atoms with Gasteiger partial charge in [0.15, 0.2) is 0 Å². The lowest BCUT2D eigenvalue weighted by Gasteiger charge is -2.33. The van der Waals surface area contributed by atoms with Crippen LogP contribution in [0.3, 0.4) is 0 Å². The standard InChI is InChI=1S/C23H25F3N4O4/c24-23(25,26)15-1-3-17(4-2-15)29-11-8-18(9-12-29)34-19-5-6-20(27-13-19)21(31)28-16-7-10-30(14-16)22(32)33/h1-6,13,16,18H,7-12,14H2,(H,28,31)(H,32,33). The van der Waals surface area contributed by atoms with Crippen molar-refractivity contribution in [2.75, 3.05) is 31.1 Å². The van der Waals surface area contributed by atoms with Gasteiger partial charge in [0.05, 0.1) is 11.8 Å². The minimum atomic E-state index is -4.35. The molecule has 2 fully saturated rings. The number of likely N-dealkylation sites (tertiary alicyclic amines) is 1. The second-order valence-electron chi connectivity index (χ2n) is 8.42. The summed E-state index contributed by atoms with van der Waals surface area (Å²) in [6.45, 7) is 1.95. The zero-order valence-corrected chi connectivity index (χ0v) is 18.3. The molecule has 3 heterocycles. The molecule has 0 saturated carbocycles. The van der Waals surface area contributed by atoms with Crippen LogP contribution in [0.1, 0.15) is 35.3 Å². The van der Waals surface area contributed by atoms with Gasteiger partial charge in [0, 0.05) is 50.7 Å². The van der Waals surface area contributed by atoms with Crippen molar-refractivity contribution >= 4 is 17.7 Å². The van der Waals surface area contributed by atoms with Gasteiger partial charge in [0.2, 0.25) is 0 Å². The Morgan fingerprint density at radius 1 is 1.03 bits per heavy atom. The Kier molecular flexibility index (Phi) is 6.80. The fourth-order valence-corrected chi connectivity index (χ4v) is 4.18. The van der Waals surface area contributed by atoms with Crippen molar-refractivity contribution in [2.45, 2.75) is 37.6 Å². The number of halogens is 3. The highest BCUT2D eigenvalue weighted by molar-refractivity contribution is 5.92. The van der Waals surface area contributed by atoms with E-state index in [9.17, 15) is 22.8 Å². The van der Waals surface area contributed by atoms with Crippen molar-refractivity contribution in [1.29, 1.82) is 0 Å². The maximum Gasteiger partial charge on any atom is 0.416 e. The summed E-state index contributed by atoms with van der Waals surface area (Å²) < 4.78 is 44.2. The highest BCUT2D eigenvalue weighted by atomic mass is 19.4. The number of carbonyl (C=O) groups is 2. The maximum absolute atomic E-state index is 12.7. The highest BCUT2D eigenvalue weighted by Crippen LogP contribution is 2.31. The molecule has 2 aromatic rings. The zero-order chi connectivity index (χ0) is 24.3. The van der Waals surface area contributed by atoms with Crippen molar-refractivity contribution < 1.29 is 32.6 Å². The number of alkyl halides is 3. The zero-order valence-electron chi connectivity index (χ0n) is 18.3. The van der Waals surface area contributed by atoms with E-state index in [1.54, 1.807) is 12.1 Å². The lowest BCUT2D eigenvalue weighted by Crippen LogP contribution is -2.38. The molecule has 1 aromatic heterocycles. The lowest BCUT2D eigenvalue weighted by atomic mass is 10.1. The van der Waals surface area contributed by atoms with Crippen molar-refractivity contribution in [2.24, 2.45) is 0 Å². The van der Waals surface area contributed by atoms with E-state index in [1.807, 2.05) is 4.90 Å². The van der Waals surface area contributed by atoms with Crippen LogP contribution in [0.5, 0.6) is 5.75 Å². The molecule has 11 heteroatoms. The first kappa shape index (κ1) is 23.7. The van der Waals surface area contributed by atoms with Gasteiger partial charge >= 0.3 is 12.3 Å². The van der Waals surface area contributed by atoms with Crippen LogP contribution in [0.25, 0.3) is 0 Å². The Morgan fingerprint density at radius 3 is 2.29 bits per heavy atom. The van der Waals surface area contributed by atoms with Crippen LogP contribution < -0.4 is 15.0 Å². The minimum Gasteiger partial charge on any atom is -0.489 e. The van der Waals surface area contributed by atoms with Crippen molar-refractivity contribution in [3.8, 4) is 5.75 Å². The van der Waals surface area contributed by atoms with Gasteiger partial charge in [0.25, 0.3) is 5.91 Å². The van der Waals surface area contributed by atoms with E-state index in [2.05, 4.69) is 10.3 Å². The number of piperidine rings is 1. The Hall–Kier alpha value is -3.50. The average molecular weight is 478 g/mol. The summed E-state index contributed by atoms with van der Waals surface area (Å²) in [7, 11) is 0. The summed E-state index contributed by atoms with van der Waals surface area (Å²) in [5.41, 5.74) is 0.306. The van der Waals surface area contributed by atoms with Crippen molar-refractivity contribution in [3.63, 3.8) is 0 Å². The molecule has 4 rings (SSSR count). The largest absolute Gasteiger partial charge is 0.489 e. The Bertz CT molecular complexity index is 1010. The second kappa shape index (κ2) is 9.78. The number of nitrogens with zero attached hydrogens (tertiary/aromatic N) is 3. The molecule has 2 saturated heterocycles. The van der Waals surface area contributed by atoms with E-state index in [1.165, 1.54) is 23.2 Å². The van der Waals surface area contributed by atoms with E-state index in [4.69, 9.17) is 9.84 Å². The number of anilines is 1. The van der Waals surface area contributed by atoms with Crippen LogP contribution in [0.15, 0.2) is 42.6 Å². The summed E-state index contributed by atoms with van der Waals surface area (Å²) in [6, 6.07) is 8.15. The fourth-order valence-electron chi connectivity index (χ4n) is 4.18. The van der Waals surface area contributed by atoms with Gasteiger partial charge in [-0.2, -0.15) is 13.2 Å². The number of pyridine rings is 1. The second-order valence-corrected chi connectivity index (χ2v) is 8.42. The molecule has 0 aliphatic carbocycles. The van der Waals surface area contributed by atoms with Crippen LogP contribution in [0, 0.1) is 0 Å². The maximum atomic E-state index is 12.7. The molecule has 2 amide bonds. The average Bonchev–Trinajstić information content (AvgIpc) is 3.28. The molecule has 34 heavy (non-hydrogen) atoms. The van der Waals surface area contributed by atoms with Crippen molar-refractivity contribution in [1.82, 2.24) is 15.2 Å². The predicted molar refractivity (Wildman–Crippen MR) is 117 cm³/mol. The summed E-state index contributed by atoms with van der Waals surface area (Å²) in [5, 5.41) is 11.8. The first-order valence-corrected chi connectivity index (χ1v) is 11.0. The molecule has 0 radical (unpaired) electrons. The Labute approximate surface area is 194 Å². The smallest absolute Gasteiger partial charge is 0.416 e. The number of nitrogens with one attached hydrogen (secondary N) is 1. The predicted octanol–water partition coefficient (Wildman–Crippen LogP) is 3.63.